The maximum Gasteiger partial charge on any atom is 0.416 e. The van der Waals surface area contributed by atoms with Crippen LogP contribution in [0.2, 0.25) is 0 Å². The average molecular weight is 523 g/mol. The summed E-state index contributed by atoms with van der Waals surface area (Å²) >= 11 is 0. The molecule has 0 radical (unpaired) electrons. The van der Waals surface area contributed by atoms with Crippen molar-refractivity contribution in [3.63, 3.8) is 0 Å². The van der Waals surface area contributed by atoms with E-state index in [0.717, 1.165) is 36.1 Å². The van der Waals surface area contributed by atoms with Crippen LogP contribution in [0, 0.1) is 0 Å². The first-order valence-electron chi connectivity index (χ1n) is 11.5. The third kappa shape index (κ3) is 5.26. The Labute approximate surface area is 206 Å². The zero-order valence-electron chi connectivity index (χ0n) is 19.4. The summed E-state index contributed by atoms with van der Waals surface area (Å²) in [5.41, 5.74) is 0.410. The molecular formula is C24H25F3N4O4S. The predicted molar refractivity (Wildman–Crippen MR) is 126 cm³/mol. The highest BCUT2D eigenvalue weighted by atomic mass is 32.2. The lowest BCUT2D eigenvalue weighted by Gasteiger charge is -2.42. The van der Waals surface area contributed by atoms with Crippen LogP contribution in [0.4, 0.5) is 13.2 Å². The van der Waals surface area contributed by atoms with E-state index in [0.29, 0.717) is 18.1 Å². The number of aromatic nitrogens is 2. The summed E-state index contributed by atoms with van der Waals surface area (Å²) < 4.78 is 81.9. The first-order valence-corrected chi connectivity index (χ1v) is 13.0. The molecule has 1 saturated carbocycles. The fourth-order valence-corrected chi connectivity index (χ4v) is 5.44. The topological polar surface area (TPSA) is 94.5 Å². The first kappa shape index (κ1) is 24.8. The second kappa shape index (κ2) is 9.18. The Kier molecular flexibility index (Phi) is 6.31. The van der Waals surface area contributed by atoms with E-state index >= 15 is 0 Å². The minimum atomic E-state index is -4.42. The third-order valence-electron chi connectivity index (χ3n) is 6.08. The standard InChI is InChI=1S/C24H25F3N4O4S/c1-2-31-22(35-20-10-6-17(7-11-20)24(25,26)27)13-21(28-31)16-4-3-5-18(12-16)23(14-34-15-23)30-36(32,33)29-19-8-9-19/h3-7,10-13,19,29-30H,2,8-9,14-15H2,1H3. The molecule has 12 heteroatoms. The van der Waals surface area contributed by atoms with Gasteiger partial charge >= 0.3 is 6.18 Å². The lowest BCUT2D eigenvalue weighted by Crippen LogP contribution is -2.61. The molecule has 3 aromatic rings. The second-order valence-electron chi connectivity index (χ2n) is 8.96. The summed E-state index contributed by atoms with van der Waals surface area (Å²) in [4.78, 5) is 0. The lowest BCUT2D eigenvalue weighted by atomic mass is 9.88. The molecule has 5 rings (SSSR count). The molecule has 2 aliphatic rings. The molecule has 0 unspecified atom stereocenters. The van der Waals surface area contributed by atoms with Crippen LogP contribution in [0.15, 0.2) is 54.6 Å². The molecule has 36 heavy (non-hydrogen) atoms. The first-order chi connectivity index (χ1) is 17.1. The van der Waals surface area contributed by atoms with Crippen LogP contribution in [0.5, 0.6) is 11.6 Å². The van der Waals surface area contributed by atoms with Crippen molar-refractivity contribution in [3.05, 3.63) is 65.7 Å². The van der Waals surface area contributed by atoms with Gasteiger partial charge in [0.15, 0.2) is 0 Å². The third-order valence-corrected chi connectivity index (χ3v) is 7.39. The van der Waals surface area contributed by atoms with E-state index in [9.17, 15) is 21.6 Å². The van der Waals surface area contributed by atoms with Gasteiger partial charge in [-0.25, -0.2) is 4.68 Å². The zero-order valence-corrected chi connectivity index (χ0v) is 20.2. The maximum absolute atomic E-state index is 12.8. The molecule has 2 N–H and O–H groups in total. The largest absolute Gasteiger partial charge is 0.439 e. The van der Waals surface area contributed by atoms with Crippen LogP contribution in [-0.4, -0.2) is 37.5 Å². The Morgan fingerprint density at radius 3 is 2.44 bits per heavy atom. The van der Waals surface area contributed by atoms with Gasteiger partial charge in [-0.1, -0.05) is 18.2 Å². The van der Waals surface area contributed by atoms with Gasteiger partial charge in [-0.3, -0.25) is 0 Å². The fraction of sp³-hybridized carbons (Fsp3) is 0.375. The zero-order chi connectivity index (χ0) is 25.6. The second-order valence-corrected chi connectivity index (χ2v) is 10.4. The van der Waals surface area contributed by atoms with Crippen LogP contribution in [0.1, 0.15) is 30.9 Å². The van der Waals surface area contributed by atoms with Gasteiger partial charge in [0.05, 0.1) is 24.5 Å². The number of benzene rings is 2. The van der Waals surface area contributed by atoms with Crippen LogP contribution in [0.25, 0.3) is 11.3 Å². The summed E-state index contributed by atoms with van der Waals surface area (Å²) in [6, 6.07) is 13.5. The highest BCUT2D eigenvalue weighted by Gasteiger charge is 2.44. The fourth-order valence-electron chi connectivity index (χ4n) is 3.96. The monoisotopic (exact) mass is 522 g/mol. The average Bonchev–Trinajstić information content (AvgIpc) is 3.51. The number of rotatable bonds is 9. The van der Waals surface area contributed by atoms with E-state index < -0.39 is 27.5 Å². The van der Waals surface area contributed by atoms with Gasteiger partial charge in [-0.05, 0) is 55.7 Å². The Morgan fingerprint density at radius 1 is 1.14 bits per heavy atom. The van der Waals surface area contributed by atoms with E-state index in [1.807, 2.05) is 31.2 Å². The van der Waals surface area contributed by atoms with Crippen molar-refractivity contribution >= 4 is 10.2 Å². The molecule has 2 fully saturated rings. The summed E-state index contributed by atoms with van der Waals surface area (Å²) in [6.07, 6.45) is -2.76. The number of hydrogen-bond acceptors (Lipinski definition) is 5. The quantitative estimate of drug-likeness (QED) is 0.440. The summed E-state index contributed by atoms with van der Waals surface area (Å²) in [5, 5.41) is 4.57. The molecule has 0 amide bonds. The SMILES string of the molecule is CCn1nc(-c2cccc(C3(NS(=O)(=O)NC4CC4)COC3)c2)cc1Oc1ccc(C(F)(F)F)cc1. The van der Waals surface area contributed by atoms with Crippen molar-refractivity contribution in [2.24, 2.45) is 0 Å². The number of alkyl halides is 3. The van der Waals surface area contributed by atoms with Gasteiger partial charge in [-0.2, -0.15) is 36.1 Å². The minimum Gasteiger partial charge on any atom is -0.439 e. The molecule has 1 saturated heterocycles. The van der Waals surface area contributed by atoms with Gasteiger partial charge < -0.3 is 9.47 Å². The number of nitrogens with zero attached hydrogens (tertiary/aromatic N) is 2. The van der Waals surface area contributed by atoms with Crippen molar-refractivity contribution < 1.29 is 31.1 Å². The Hall–Kier alpha value is -2.93. The van der Waals surface area contributed by atoms with Crippen LogP contribution in [0.3, 0.4) is 0 Å². The Bertz CT molecular complexity index is 1350. The molecule has 0 spiro atoms. The predicted octanol–water partition coefficient (Wildman–Crippen LogP) is 4.19. The van der Waals surface area contributed by atoms with Crippen LogP contribution in [-0.2, 0) is 33.2 Å². The number of hydrogen-bond donors (Lipinski definition) is 2. The van der Waals surface area contributed by atoms with E-state index in [1.54, 1.807) is 10.7 Å². The lowest BCUT2D eigenvalue weighted by molar-refractivity contribution is -0.137. The van der Waals surface area contributed by atoms with Gasteiger partial charge in [-0.15, -0.1) is 0 Å². The number of nitrogens with one attached hydrogen (secondary N) is 2. The van der Waals surface area contributed by atoms with Crippen molar-refractivity contribution in [3.8, 4) is 22.9 Å². The number of ether oxygens (including phenoxy) is 2. The number of halogens is 3. The Morgan fingerprint density at radius 2 is 1.86 bits per heavy atom. The highest BCUT2D eigenvalue weighted by Crippen LogP contribution is 2.35. The normalized spacial score (nSPS) is 17.6. The van der Waals surface area contributed by atoms with Crippen molar-refractivity contribution in [2.45, 2.75) is 44.1 Å². The maximum atomic E-state index is 12.8. The van der Waals surface area contributed by atoms with Crippen LogP contribution >= 0.6 is 0 Å². The molecule has 1 aliphatic carbocycles. The molecule has 192 valence electrons. The molecular weight excluding hydrogens is 497 g/mol. The summed E-state index contributed by atoms with van der Waals surface area (Å²) in [5.74, 6) is 0.620. The Balaban J connectivity index is 1.39. The van der Waals surface area contributed by atoms with E-state index in [-0.39, 0.29) is 25.0 Å². The molecule has 0 atom stereocenters. The van der Waals surface area contributed by atoms with Gasteiger partial charge in [0.25, 0.3) is 10.2 Å². The van der Waals surface area contributed by atoms with Gasteiger partial charge in [0.1, 0.15) is 11.3 Å². The van der Waals surface area contributed by atoms with Gasteiger partial charge in [0.2, 0.25) is 5.88 Å². The van der Waals surface area contributed by atoms with Crippen LogP contribution < -0.4 is 14.2 Å². The summed E-state index contributed by atoms with van der Waals surface area (Å²) in [6.45, 7) is 2.75. The molecule has 8 nitrogen and oxygen atoms in total. The molecule has 2 heterocycles. The highest BCUT2D eigenvalue weighted by molar-refractivity contribution is 7.87. The summed E-state index contributed by atoms with van der Waals surface area (Å²) in [7, 11) is -3.71. The van der Waals surface area contributed by atoms with Crippen molar-refractivity contribution in [1.82, 2.24) is 19.2 Å². The molecule has 1 aromatic heterocycles. The number of aryl methyl sites for hydroxylation is 1. The van der Waals surface area contributed by atoms with E-state index in [2.05, 4.69) is 14.5 Å². The minimum absolute atomic E-state index is 0.0204. The molecule has 1 aliphatic heterocycles. The smallest absolute Gasteiger partial charge is 0.416 e. The van der Waals surface area contributed by atoms with E-state index in [4.69, 9.17) is 9.47 Å². The van der Waals surface area contributed by atoms with Crippen molar-refractivity contribution in [2.75, 3.05) is 13.2 Å². The van der Waals surface area contributed by atoms with E-state index in [1.165, 1.54) is 12.1 Å². The molecule has 2 aromatic carbocycles. The molecule has 0 bridgehead atoms. The van der Waals surface area contributed by atoms with Gasteiger partial charge in [0, 0.05) is 24.2 Å². The van der Waals surface area contributed by atoms with Crippen molar-refractivity contribution in [1.29, 1.82) is 0 Å².